The van der Waals surface area contributed by atoms with Crippen molar-refractivity contribution < 1.29 is 53.1 Å². The first-order valence-corrected chi connectivity index (χ1v) is 18.2. The Bertz CT molecular complexity index is 1390. The molecule has 0 aromatic carbocycles. The molecule has 0 aromatic rings. The maximum atomic E-state index is 13.5. The van der Waals surface area contributed by atoms with Crippen molar-refractivity contribution in [3.8, 4) is 0 Å². The zero-order chi connectivity index (χ0) is 36.4. The molecule has 0 saturated carbocycles. The van der Waals surface area contributed by atoms with Gasteiger partial charge in [0.1, 0.15) is 29.7 Å². The van der Waals surface area contributed by atoms with E-state index >= 15 is 0 Å². The van der Waals surface area contributed by atoms with Gasteiger partial charge in [-0.05, 0) is 64.5 Å². The Morgan fingerprint density at radius 2 is 1.78 bits per heavy atom. The Morgan fingerprint density at radius 1 is 1.02 bits per heavy atom. The van der Waals surface area contributed by atoms with Gasteiger partial charge in [0.2, 0.25) is 5.91 Å². The first-order chi connectivity index (χ1) is 23.6. The Balaban J connectivity index is 1.36. The number of aliphatic hydroxyl groups is 2. The number of aliphatic hydroxyl groups excluding tert-OH is 1. The lowest BCUT2D eigenvalue weighted by molar-refractivity contribution is -0.344. The molecule has 7 aliphatic heterocycles. The van der Waals surface area contributed by atoms with Gasteiger partial charge in [-0.2, -0.15) is 0 Å². The summed E-state index contributed by atoms with van der Waals surface area (Å²) < 4.78 is 31.4. The highest BCUT2D eigenvalue weighted by Gasteiger charge is 2.61. The molecule has 4 saturated heterocycles. The van der Waals surface area contributed by atoms with Gasteiger partial charge in [-0.3, -0.25) is 14.4 Å². The molecule has 0 aromatic heterocycles. The fraction of sp³-hybridized carbons (Fsp3) is 0.737. The molecule has 0 unspecified atom stereocenters. The van der Waals surface area contributed by atoms with Crippen molar-refractivity contribution in [2.24, 2.45) is 11.8 Å². The third kappa shape index (κ3) is 8.48. The number of carbonyl (C=O) groups excluding carboxylic acids is 4. The molecular weight excluding hydrogens is 646 g/mol. The maximum Gasteiger partial charge on any atom is 0.331 e. The zero-order valence-corrected chi connectivity index (χ0v) is 30.2. The number of ether oxygens (including phenoxy) is 5. The normalized spacial score (nSPS) is 44.0. The highest BCUT2D eigenvalue weighted by molar-refractivity contribution is 5.92. The average Bonchev–Trinajstić information content (AvgIpc) is 3.79. The van der Waals surface area contributed by atoms with Gasteiger partial charge in [0.15, 0.2) is 17.7 Å². The number of ketones is 2. The lowest BCUT2D eigenvalue weighted by Crippen LogP contribution is -2.60. The van der Waals surface area contributed by atoms with Gasteiger partial charge in [-0.15, -0.1) is 0 Å². The second-order valence-electron chi connectivity index (χ2n) is 15.3. The Morgan fingerprint density at radius 3 is 2.52 bits per heavy atom. The van der Waals surface area contributed by atoms with Crippen molar-refractivity contribution >= 4 is 23.4 Å². The number of carbonyl (C=O) groups is 4. The SMILES string of the molecule is CCCC(=O)N/C=C\C=C\C[C@@H]1OC(=O)/C=C(\C)[C@@](C)(O)[C@H](O)[C@H]2O[C@H]2[C@@H]2CC[C@H]3O[C@@]4(CC[C@]3(C)O2)O[C@@H](CC(=O)[C@@H](C)CC1=O)C[C@@H]4C. The molecule has 12 atom stereocenters. The summed E-state index contributed by atoms with van der Waals surface area (Å²) in [6.45, 7) is 10.6. The lowest BCUT2D eigenvalue weighted by Gasteiger charge is -2.53. The van der Waals surface area contributed by atoms with E-state index in [0.717, 1.165) is 12.5 Å². The molecule has 1 spiro atoms. The molecule has 5 bridgehead atoms. The van der Waals surface area contributed by atoms with E-state index in [-0.39, 0.29) is 60.8 Å². The van der Waals surface area contributed by atoms with E-state index < -0.39 is 59.1 Å². The summed E-state index contributed by atoms with van der Waals surface area (Å²) in [6.07, 6.45) is 7.22. The minimum absolute atomic E-state index is 0.0206. The van der Waals surface area contributed by atoms with E-state index in [9.17, 15) is 29.4 Å². The Labute approximate surface area is 294 Å². The van der Waals surface area contributed by atoms with Crippen LogP contribution < -0.4 is 5.32 Å². The number of hydrogen-bond donors (Lipinski definition) is 3. The summed E-state index contributed by atoms with van der Waals surface area (Å²) in [5.74, 6) is -2.95. The van der Waals surface area contributed by atoms with Crippen LogP contribution in [0.1, 0.15) is 106 Å². The number of allylic oxidation sites excluding steroid dienone is 2. The molecule has 3 N–H and O–H groups in total. The molecule has 0 radical (unpaired) electrons. The number of esters is 1. The average molecular weight is 702 g/mol. The third-order valence-corrected chi connectivity index (χ3v) is 11.3. The van der Waals surface area contributed by atoms with Gasteiger partial charge in [0.05, 0.1) is 23.9 Å². The molecular formula is C38H55NO11. The van der Waals surface area contributed by atoms with Gasteiger partial charge >= 0.3 is 5.97 Å². The topological polar surface area (TPSA) is 170 Å². The highest BCUT2D eigenvalue weighted by Crippen LogP contribution is 2.52. The van der Waals surface area contributed by atoms with E-state index in [0.29, 0.717) is 38.5 Å². The fourth-order valence-corrected chi connectivity index (χ4v) is 7.79. The van der Waals surface area contributed by atoms with Crippen LogP contribution in [0.2, 0.25) is 0 Å². The van der Waals surface area contributed by atoms with Crippen molar-refractivity contribution in [1.82, 2.24) is 5.32 Å². The van der Waals surface area contributed by atoms with E-state index in [1.165, 1.54) is 20.0 Å². The van der Waals surface area contributed by atoms with E-state index in [1.807, 2.05) is 13.8 Å². The van der Waals surface area contributed by atoms with Crippen molar-refractivity contribution in [3.63, 3.8) is 0 Å². The zero-order valence-electron chi connectivity index (χ0n) is 30.2. The van der Waals surface area contributed by atoms with Gasteiger partial charge < -0.3 is 39.2 Å². The monoisotopic (exact) mass is 701 g/mol. The first kappa shape index (κ1) is 38.5. The number of Topliss-reactive ketones (excluding diaryl/α,β-unsaturated/α-hetero) is 2. The van der Waals surface area contributed by atoms with Crippen LogP contribution in [0.3, 0.4) is 0 Å². The number of epoxide rings is 1. The van der Waals surface area contributed by atoms with Crippen LogP contribution in [0, 0.1) is 11.8 Å². The van der Waals surface area contributed by atoms with Crippen molar-refractivity contribution in [2.75, 3.05) is 0 Å². The second-order valence-corrected chi connectivity index (χ2v) is 15.3. The number of fused-ring (bicyclic) bond motifs is 2. The first-order valence-electron chi connectivity index (χ1n) is 18.2. The maximum absolute atomic E-state index is 13.5. The number of rotatable bonds is 6. The summed E-state index contributed by atoms with van der Waals surface area (Å²) in [7, 11) is 0. The van der Waals surface area contributed by atoms with Crippen LogP contribution in [-0.4, -0.2) is 93.4 Å². The van der Waals surface area contributed by atoms with E-state index in [1.54, 1.807) is 25.2 Å². The van der Waals surface area contributed by atoms with Crippen LogP contribution in [0.4, 0.5) is 0 Å². The van der Waals surface area contributed by atoms with E-state index in [2.05, 4.69) is 12.2 Å². The molecule has 12 heteroatoms. The number of nitrogens with one attached hydrogen (secondary N) is 1. The van der Waals surface area contributed by atoms with Crippen LogP contribution in [0.5, 0.6) is 0 Å². The molecule has 0 aliphatic carbocycles. The second kappa shape index (κ2) is 15.5. The summed E-state index contributed by atoms with van der Waals surface area (Å²) >= 11 is 0. The van der Waals surface area contributed by atoms with Crippen LogP contribution in [0.25, 0.3) is 0 Å². The minimum Gasteiger partial charge on any atom is -0.451 e. The molecule has 7 rings (SSSR count). The van der Waals surface area contributed by atoms with Crippen LogP contribution in [-0.2, 0) is 42.9 Å². The summed E-state index contributed by atoms with van der Waals surface area (Å²) in [5, 5.41) is 25.3. The van der Waals surface area contributed by atoms with Crippen molar-refractivity contribution in [3.05, 3.63) is 36.1 Å². The summed E-state index contributed by atoms with van der Waals surface area (Å²) in [5.41, 5.74) is -2.31. The predicted molar refractivity (Wildman–Crippen MR) is 181 cm³/mol. The van der Waals surface area contributed by atoms with Crippen molar-refractivity contribution in [2.45, 2.75) is 165 Å². The highest BCUT2D eigenvalue weighted by atomic mass is 16.7. The smallest absolute Gasteiger partial charge is 0.331 e. The van der Waals surface area contributed by atoms with Crippen molar-refractivity contribution in [1.29, 1.82) is 0 Å². The van der Waals surface area contributed by atoms with Crippen LogP contribution >= 0.6 is 0 Å². The summed E-state index contributed by atoms with van der Waals surface area (Å²) in [4.78, 5) is 51.8. The third-order valence-electron chi connectivity index (χ3n) is 11.3. The lowest BCUT2D eigenvalue weighted by atomic mass is 9.78. The standard InChI is InChI=1S/C38H55NO11/c1-7-11-31(42)39-17-10-8-9-12-28-27(41)18-22(2)26(40)21-25-19-24(4)38(48-25)16-15-36(5)30(50-38)14-13-29(49-36)33-34(47-33)35(44)37(6,45)23(3)20-32(43)46-28/h8-10,17,20,22,24-25,28-30,33-35,44-45H,7,11-16,18-19,21H2,1-6H3,(H,39,42)/b9-8+,17-10-,23-20+/t22-,24-,25+,28-,29-,30+,33-,34-,35+,36-,37+,38+/m0/s1. The number of hydrogen-bond acceptors (Lipinski definition) is 11. The molecule has 50 heavy (non-hydrogen) atoms. The van der Waals surface area contributed by atoms with E-state index in [4.69, 9.17) is 23.7 Å². The number of amides is 1. The Kier molecular flexibility index (Phi) is 11.9. The van der Waals surface area contributed by atoms with Gasteiger partial charge in [-0.1, -0.05) is 32.9 Å². The predicted octanol–water partition coefficient (Wildman–Crippen LogP) is 3.91. The quantitative estimate of drug-likeness (QED) is 0.209. The molecule has 7 heterocycles. The van der Waals surface area contributed by atoms with Gasteiger partial charge in [-0.25, -0.2) is 4.79 Å². The summed E-state index contributed by atoms with van der Waals surface area (Å²) in [6, 6.07) is 0. The molecule has 1 amide bonds. The van der Waals surface area contributed by atoms with Gasteiger partial charge in [0, 0.05) is 56.2 Å². The van der Waals surface area contributed by atoms with Crippen LogP contribution in [0.15, 0.2) is 36.1 Å². The molecule has 7 aliphatic rings. The van der Waals surface area contributed by atoms with Gasteiger partial charge in [0.25, 0.3) is 0 Å². The molecule has 4 fully saturated rings. The molecule has 278 valence electrons. The largest absolute Gasteiger partial charge is 0.451 e. The minimum atomic E-state index is -1.85. The Hall–Kier alpha value is -2.74. The fourth-order valence-electron chi connectivity index (χ4n) is 7.79. The molecule has 12 nitrogen and oxygen atoms in total.